The Morgan fingerprint density at radius 2 is 0.874 bits per heavy atom. The number of carbonyl (C=O) groups excluding carboxylic acids is 3. The van der Waals surface area contributed by atoms with Crippen LogP contribution in [0.15, 0.2) is 0 Å². The molecule has 48 heteroatoms. The maximum absolute atomic E-state index is 13.2. The molecular formula is C39H65N3O41S4. The van der Waals surface area contributed by atoms with Crippen LogP contribution in [0, 0.1) is 0 Å². The Morgan fingerprint density at radius 1 is 0.506 bits per heavy atom. The van der Waals surface area contributed by atoms with E-state index in [1.54, 1.807) is 0 Å². The summed E-state index contributed by atoms with van der Waals surface area (Å²) in [5.74, 6) is -8.81. The molecule has 0 aromatic rings. The van der Waals surface area contributed by atoms with Crippen LogP contribution in [-0.4, -0.2) is 329 Å². The fourth-order valence-electron chi connectivity index (χ4n) is 9.50. The first-order valence-electron chi connectivity index (χ1n) is 24.8. The van der Waals surface area contributed by atoms with Crippen molar-refractivity contribution in [3.63, 3.8) is 0 Å². The zero-order valence-electron chi connectivity index (χ0n) is 44.7. The Balaban J connectivity index is 1.57. The number of carboxylic acids is 1. The first-order chi connectivity index (χ1) is 40.0. The van der Waals surface area contributed by atoms with Crippen LogP contribution in [0.25, 0.3) is 0 Å². The van der Waals surface area contributed by atoms with Crippen molar-refractivity contribution in [1.82, 2.24) is 16.0 Å². The molecule has 3 amide bonds. The first-order valence-corrected chi connectivity index (χ1v) is 30.3. The lowest BCUT2D eigenvalue weighted by Crippen LogP contribution is -2.71. The largest absolute Gasteiger partial charge is 0.477 e. The minimum absolute atomic E-state index is 0.759. The Morgan fingerprint density at radius 3 is 1.30 bits per heavy atom. The van der Waals surface area contributed by atoms with Gasteiger partial charge in [-0.3, -0.25) is 32.6 Å². The molecule has 5 aliphatic rings. The third kappa shape index (κ3) is 20.0. The summed E-state index contributed by atoms with van der Waals surface area (Å²) >= 11 is 0. The van der Waals surface area contributed by atoms with Crippen molar-refractivity contribution < 1.29 is 192 Å². The number of carbonyl (C=O) groups is 4. The van der Waals surface area contributed by atoms with E-state index in [9.17, 15) is 132 Å². The summed E-state index contributed by atoms with van der Waals surface area (Å²) in [5.41, 5.74) is 0. The summed E-state index contributed by atoms with van der Waals surface area (Å²) in [6, 6.07) is -6.02. The van der Waals surface area contributed by atoms with Crippen LogP contribution in [-0.2, 0) is 120 Å². The molecule has 5 heterocycles. The van der Waals surface area contributed by atoms with E-state index in [1.165, 1.54) is 0 Å². The predicted octanol–water partition coefficient (Wildman–Crippen LogP) is -13.0. The predicted molar refractivity (Wildman–Crippen MR) is 260 cm³/mol. The topological polar surface area (TPSA) is 685 Å². The molecule has 5 rings (SSSR count). The van der Waals surface area contributed by atoms with Crippen LogP contribution in [0.1, 0.15) is 27.2 Å². The zero-order chi connectivity index (χ0) is 65.8. The molecule has 87 heavy (non-hydrogen) atoms. The average molecular weight is 1360 g/mol. The fourth-order valence-corrected chi connectivity index (χ4v) is 10.7. The van der Waals surface area contributed by atoms with E-state index >= 15 is 0 Å². The first kappa shape index (κ1) is 74.3. The fraction of sp³-hybridized carbons (Fsp3) is 0.897. The summed E-state index contributed by atoms with van der Waals surface area (Å²) in [7, 11) is -22.0. The molecular weight excluding hydrogens is 1290 g/mol. The Hall–Kier alpha value is -3.44. The summed E-state index contributed by atoms with van der Waals surface area (Å²) < 4.78 is 200. The normalized spacial score (nSPS) is 39.7. The lowest BCUT2D eigenvalue weighted by molar-refractivity contribution is -0.388. The van der Waals surface area contributed by atoms with Gasteiger partial charge in [-0.15, -0.1) is 0 Å². The number of amides is 3. The minimum Gasteiger partial charge on any atom is -0.477 e. The van der Waals surface area contributed by atoms with Crippen molar-refractivity contribution in [2.45, 2.75) is 186 Å². The van der Waals surface area contributed by atoms with Crippen molar-refractivity contribution in [1.29, 1.82) is 0 Å². The van der Waals surface area contributed by atoms with Crippen LogP contribution >= 0.6 is 0 Å². The van der Waals surface area contributed by atoms with Gasteiger partial charge >= 0.3 is 47.6 Å². The van der Waals surface area contributed by atoms with Gasteiger partial charge in [0.1, 0.15) is 116 Å². The van der Waals surface area contributed by atoms with Gasteiger partial charge in [0.15, 0.2) is 25.2 Å². The highest BCUT2D eigenvalue weighted by molar-refractivity contribution is 7.81. The van der Waals surface area contributed by atoms with E-state index in [4.69, 9.17) is 42.6 Å². The summed E-state index contributed by atoms with van der Waals surface area (Å²) in [4.78, 5) is 50.1. The number of hydrogen-bond donors (Lipinski definition) is 19. The van der Waals surface area contributed by atoms with Crippen molar-refractivity contribution in [2.24, 2.45) is 0 Å². The maximum Gasteiger partial charge on any atom is 0.397 e. The van der Waals surface area contributed by atoms with Crippen LogP contribution in [0.2, 0.25) is 0 Å². The molecule has 0 radical (unpaired) electrons. The molecule has 5 saturated heterocycles. The van der Waals surface area contributed by atoms with Gasteiger partial charge in [0, 0.05) is 27.2 Å². The lowest BCUT2D eigenvalue weighted by atomic mass is 9.88. The number of aliphatic carboxylic acids is 1. The van der Waals surface area contributed by atoms with Crippen molar-refractivity contribution in [2.75, 3.05) is 33.0 Å². The Kier molecular flexibility index (Phi) is 25.5. The number of rotatable bonds is 27. The van der Waals surface area contributed by atoms with Crippen molar-refractivity contribution in [3.05, 3.63) is 0 Å². The highest BCUT2D eigenvalue weighted by Crippen LogP contribution is 2.40. The van der Waals surface area contributed by atoms with Crippen LogP contribution in [0.3, 0.4) is 0 Å². The molecule has 44 nitrogen and oxygen atoms in total. The highest BCUT2D eigenvalue weighted by Gasteiger charge is 2.61. The van der Waals surface area contributed by atoms with E-state index in [-0.39, 0.29) is 0 Å². The van der Waals surface area contributed by atoms with Crippen LogP contribution in [0.5, 0.6) is 0 Å². The van der Waals surface area contributed by atoms with Crippen molar-refractivity contribution >= 4 is 65.3 Å². The molecule has 5 fully saturated rings. The Bertz CT molecular complexity index is 2820. The molecule has 0 saturated carbocycles. The number of aliphatic hydroxyl groups excluding tert-OH is 11. The standard InChI is InChI=1S/C39H65N3O41S4/c1-10(44)40-19-13(47)4-39(38(57)58,82-31(19)22(49)14(48)5-43)83-33-24(51)16(7-72-85(62,63)64)77-37(28(33)55)80-30-18(9-74-87(68,69)70)78-35(21(26(30)53)42-12(3)46)81-32-23(50)15(6-71-84(59,60)61)76-36(27(32)54)79-29-17(8-73-86(65,66)67)75-34(56)20(25(29)52)41-11(2)45/h13-37,43,47-56H,4-9H2,1-3H3,(H,40,44)(H,41,45)(H,42,46)(H,57,58)(H,59,60,61)(H,62,63,64)(H,65,66,67)(H,68,69,70)/t13-,14+,15+,16+,17+,18+,19+,20+,21+,22+,23-,24-,25+,26+,27+,28+,29+,30+,31+,32-,33-,34?,35-,36-,37-,39-/m0/s1. The number of ether oxygens (including phenoxy) is 9. The second-order valence-corrected chi connectivity index (χ2v) is 24.1. The minimum atomic E-state index is -5.64. The smallest absolute Gasteiger partial charge is 0.397 e. The summed E-state index contributed by atoms with van der Waals surface area (Å²) in [5, 5.41) is 140. The summed E-state index contributed by atoms with van der Waals surface area (Å²) in [6.07, 6.45) is -55.0. The number of carboxylic acid groups (broad SMARTS) is 1. The SMILES string of the molecule is CC(=O)N[C@H]1[C@H](O[C@H]2[C@@H](O)[C@@H](COS(=O)(=O)O)O[C@@H](O[C@H]3[C@H](O)[C@@H](NC(C)=O)C(O)O[C@@H]3COS(=O)(=O)O)[C@@H]2O)O[C@H](COS(=O)(=O)O)[C@@H](O[C@@H]2O[C@H](COS(=O)(=O)O)[C@H](O)[C@H](O[C@]3(C(=O)O)C[C@H](O)[C@@H](NC(C)=O)[C@H]([C@H](O)[C@H](O)CO)O3)[C@H]2O)[C@@H]1O. The van der Waals surface area contributed by atoms with E-state index in [0.29, 0.717) is 0 Å². The monoisotopic (exact) mass is 1360 g/mol. The van der Waals surface area contributed by atoms with Gasteiger partial charge in [-0.25, -0.2) is 21.5 Å². The molecule has 1 unspecified atom stereocenters. The highest BCUT2D eigenvalue weighted by atomic mass is 32.3. The second-order valence-electron chi connectivity index (χ2n) is 19.7. The lowest BCUT2D eigenvalue weighted by Gasteiger charge is -2.51. The van der Waals surface area contributed by atoms with Gasteiger partial charge in [0.05, 0.1) is 45.2 Å². The molecule has 5 aliphatic heterocycles. The molecule has 19 N–H and O–H groups in total. The summed E-state index contributed by atoms with van der Waals surface area (Å²) in [6.45, 7) is -4.70. The van der Waals surface area contributed by atoms with Gasteiger partial charge < -0.3 is 120 Å². The quantitative estimate of drug-likeness (QED) is 0.0340. The molecule has 506 valence electrons. The van der Waals surface area contributed by atoms with Crippen molar-refractivity contribution in [3.8, 4) is 0 Å². The van der Waals surface area contributed by atoms with Gasteiger partial charge in [-0.2, -0.15) is 33.7 Å². The number of nitrogens with one attached hydrogen (secondary N) is 3. The number of aliphatic hydroxyl groups is 11. The average Bonchev–Trinajstić information content (AvgIpc) is 0.822. The van der Waals surface area contributed by atoms with E-state index in [1.807, 2.05) is 0 Å². The van der Waals surface area contributed by atoms with Gasteiger partial charge in [-0.1, -0.05) is 0 Å². The zero-order valence-corrected chi connectivity index (χ0v) is 47.9. The molecule has 0 aromatic carbocycles. The molecule has 0 bridgehead atoms. The van der Waals surface area contributed by atoms with E-state index in [0.717, 1.165) is 20.8 Å². The molecule has 0 aliphatic carbocycles. The van der Waals surface area contributed by atoms with Crippen LogP contribution in [0.4, 0.5) is 0 Å². The van der Waals surface area contributed by atoms with Crippen LogP contribution < -0.4 is 16.0 Å². The third-order valence-corrected chi connectivity index (χ3v) is 15.0. The van der Waals surface area contributed by atoms with E-state index in [2.05, 4.69) is 32.7 Å². The number of hydrogen-bond acceptors (Lipinski definition) is 36. The molecule has 0 spiro atoms. The Labute approximate surface area is 490 Å². The van der Waals surface area contributed by atoms with Gasteiger partial charge in [0.2, 0.25) is 17.7 Å². The molecule has 26 atom stereocenters. The van der Waals surface area contributed by atoms with Gasteiger partial charge in [-0.05, 0) is 0 Å². The maximum atomic E-state index is 13.2. The second kappa shape index (κ2) is 29.9. The molecule has 0 aromatic heterocycles. The third-order valence-electron chi connectivity index (χ3n) is 13.3. The van der Waals surface area contributed by atoms with E-state index < -0.39 is 264 Å². The van der Waals surface area contributed by atoms with Gasteiger partial charge in [0.25, 0.3) is 5.79 Å².